The first-order chi connectivity index (χ1) is 8.63. The third-order valence-electron chi connectivity index (χ3n) is 3.38. The van der Waals surface area contributed by atoms with E-state index in [2.05, 4.69) is 0 Å². The predicted molar refractivity (Wildman–Crippen MR) is 73.8 cm³/mol. The summed E-state index contributed by atoms with van der Waals surface area (Å²) in [4.78, 5) is 24.4. The van der Waals surface area contributed by atoms with Crippen LogP contribution in [0.4, 0.5) is 0 Å². The Morgan fingerprint density at radius 2 is 2.17 bits per heavy atom. The first-order valence-electron chi connectivity index (χ1n) is 6.62. The normalized spacial score (nSPS) is 19.8. The average Bonchev–Trinajstić information content (AvgIpc) is 2.37. The number of amides is 1. The highest BCUT2D eigenvalue weighted by molar-refractivity contribution is 7.98. The lowest BCUT2D eigenvalue weighted by Crippen LogP contribution is -2.40. The molecule has 18 heavy (non-hydrogen) atoms. The summed E-state index contributed by atoms with van der Waals surface area (Å²) in [5.74, 6) is 0.906. The molecule has 0 aromatic rings. The summed E-state index contributed by atoms with van der Waals surface area (Å²) in [7, 11) is 0. The van der Waals surface area contributed by atoms with E-state index in [1.54, 1.807) is 11.8 Å². The van der Waals surface area contributed by atoms with Crippen LogP contribution >= 0.6 is 11.8 Å². The van der Waals surface area contributed by atoms with E-state index < -0.39 is 5.97 Å². The van der Waals surface area contributed by atoms with Crippen LogP contribution in [0.2, 0.25) is 0 Å². The minimum absolute atomic E-state index is 0.221. The molecule has 0 unspecified atom stereocenters. The molecular weight excluding hydrogens is 250 g/mol. The summed E-state index contributed by atoms with van der Waals surface area (Å²) in [5.41, 5.74) is 0. The lowest BCUT2D eigenvalue weighted by Gasteiger charge is -2.32. The van der Waals surface area contributed by atoms with E-state index in [0.717, 1.165) is 38.1 Å². The number of nitrogens with zero attached hydrogens (tertiary/aromatic N) is 1. The van der Waals surface area contributed by atoms with Crippen LogP contribution < -0.4 is 0 Å². The van der Waals surface area contributed by atoms with Crippen LogP contribution in [-0.4, -0.2) is 47.0 Å². The first-order valence-corrected chi connectivity index (χ1v) is 8.01. The molecule has 0 radical (unpaired) electrons. The minimum atomic E-state index is -0.738. The van der Waals surface area contributed by atoms with Gasteiger partial charge in [-0.3, -0.25) is 9.59 Å². The Balaban J connectivity index is 2.28. The summed E-state index contributed by atoms with van der Waals surface area (Å²) in [6.07, 6.45) is 6.61. The number of carbonyl (C=O) groups excluding carboxylic acids is 1. The van der Waals surface area contributed by atoms with Gasteiger partial charge in [-0.05, 0) is 43.6 Å². The van der Waals surface area contributed by atoms with Crippen LogP contribution in [0.3, 0.4) is 0 Å². The zero-order chi connectivity index (χ0) is 13.4. The molecule has 0 aromatic heterocycles. The molecule has 5 heteroatoms. The van der Waals surface area contributed by atoms with Crippen LogP contribution in [0.5, 0.6) is 0 Å². The molecule has 1 heterocycles. The Morgan fingerprint density at radius 1 is 1.39 bits per heavy atom. The van der Waals surface area contributed by atoms with E-state index in [9.17, 15) is 9.59 Å². The number of carboxylic acid groups (broad SMARTS) is 1. The Bertz CT molecular complexity index is 283. The fraction of sp³-hybridized carbons (Fsp3) is 0.846. The van der Waals surface area contributed by atoms with E-state index in [4.69, 9.17) is 5.11 Å². The maximum atomic E-state index is 12.0. The minimum Gasteiger partial charge on any atom is -0.481 e. The molecule has 0 aliphatic carbocycles. The standard InChI is InChI=1S/C13H23NO3S/c1-18-9-3-5-12(15)14-8-2-4-11(10-14)6-7-13(16)17/h11H,2-10H2,1H3,(H,16,17)/t11-/m0/s1. The van der Waals surface area contributed by atoms with Gasteiger partial charge in [0.1, 0.15) is 0 Å². The molecule has 1 amide bonds. The second-order valence-electron chi connectivity index (χ2n) is 4.88. The van der Waals surface area contributed by atoms with Crippen LogP contribution in [0.15, 0.2) is 0 Å². The molecule has 0 spiro atoms. The summed E-state index contributed by atoms with van der Waals surface area (Å²) in [5, 5.41) is 8.68. The average molecular weight is 273 g/mol. The number of hydrogen-bond donors (Lipinski definition) is 1. The highest BCUT2D eigenvalue weighted by Gasteiger charge is 2.23. The molecule has 1 rings (SSSR count). The number of piperidine rings is 1. The molecule has 4 nitrogen and oxygen atoms in total. The summed E-state index contributed by atoms with van der Waals surface area (Å²) >= 11 is 1.77. The third kappa shape index (κ3) is 5.76. The lowest BCUT2D eigenvalue weighted by atomic mass is 9.93. The maximum absolute atomic E-state index is 12.0. The van der Waals surface area contributed by atoms with Crippen molar-refractivity contribution in [1.29, 1.82) is 0 Å². The smallest absolute Gasteiger partial charge is 0.303 e. The van der Waals surface area contributed by atoms with Gasteiger partial charge in [0.15, 0.2) is 0 Å². The molecule has 0 bridgehead atoms. The van der Waals surface area contributed by atoms with Gasteiger partial charge in [0.25, 0.3) is 0 Å². The number of likely N-dealkylation sites (tertiary alicyclic amines) is 1. The Labute approximate surface area is 113 Å². The van der Waals surface area contributed by atoms with Crippen molar-refractivity contribution in [1.82, 2.24) is 4.90 Å². The van der Waals surface area contributed by atoms with E-state index in [-0.39, 0.29) is 12.3 Å². The van der Waals surface area contributed by atoms with Crippen molar-refractivity contribution in [3.8, 4) is 0 Å². The maximum Gasteiger partial charge on any atom is 0.303 e. The third-order valence-corrected chi connectivity index (χ3v) is 4.07. The molecule has 104 valence electrons. The quantitative estimate of drug-likeness (QED) is 0.723. The number of rotatable bonds is 7. The van der Waals surface area contributed by atoms with E-state index in [0.29, 0.717) is 18.8 Å². The number of aliphatic carboxylic acids is 1. The Hall–Kier alpha value is -0.710. The highest BCUT2D eigenvalue weighted by Crippen LogP contribution is 2.21. The van der Waals surface area contributed by atoms with Crippen LogP contribution in [-0.2, 0) is 9.59 Å². The number of thioether (sulfide) groups is 1. The fourth-order valence-electron chi connectivity index (χ4n) is 2.38. The van der Waals surface area contributed by atoms with Gasteiger partial charge in [0.2, 0.25) is 5.91 Å². The van der Waals surface area contributed by atoms with Gasteiger partial charge in [-0.1, -0.05) is 0 Å². The Kier molecular flexibility index (Phi) is 7.16. The number of carbonyl (C=O) groups is 2. The van der Waals surface area contributed by atoms with Crippen LogP contribution in [0, 0.1) is 5.92 Å². The zero-order valence-corrected chi connectivity index (χ0v) is 11.9. The first kappa shape index (κ1) is 15.3. The van der Waals surface area contributed by atoms with Crippen molar-refractivity contribution >= 4 is 23.6 Å². The molecule has 1 N–H and O–H groups in total. The number of carboxylic acids is 1. The van der Waals surface area contributed by atoms with E-state index in [1.165, 1.54) is 0 Å². The number of hydrogen-bond acceptors (Lipinski definition) is 3. The fourth-order valence-corrected chi connectivity index (χ4v) is 2.81. The van der Waals surface area contributed by atoms with Crippen molar-refractivity contribution in [2.75, 3.05) is 25.1 Å². The van der Waals surface area contributed by atoms with Gasteiger partial charge in [0.05, 0.1) is 0 Å². The zero-order valence-electron chi connectivity index (χ0n) is 11.1. The molecular formula is C13H23NO3S. The summed E-state index contributed by atoms with van der Waals surface area (Å²) in [6.45, 7) is 1.60. The predicted octanol–water partition coefficient (Wildman–Crippen LogP) is 2.23. The molecule has 0 saturated carbocycles. The topological polar surface area (TPSA) is 57.6 Å². The van der Waals surface area contributed by atoms with Gasteiger partial charge in [-0.25, -0.2) is 0 Å². The van der Waals surface area contributed by atoms with E-state index >= 15 is 0 Å². The highest BCUT2D eigenvalue weighted by atomic mass is 32.2. The van der Waals surface area contributed by atoms with Gasteiger partial charge < -0.3 is 10.0 Å². The van der Waals surface area contributed by atoms with Crippen molar-refractivity contribution < 1.29 is 14.7 Å². The SMILES string of the molecule is CSCCCC(=O)N1CCC[C@@H](CCC(=O)O)C1. The molecule has 1 aliphatic heterocycles. The summed E-state index contributed by atoms with van der Waals surface area (Å²) in [6, 6.07) is 0. The molecule has 1 fully saturated rings. The van der Waals surface area contributed by atoms with Crippen LogP contribution in [0.25, 0.3) is 0 Å². The van der Waals surface area contributed by atoms with Crippen LogP contribution in [0.1, 0.15) is 38.5 Å². The largest absolute Gasteiger partial charge is 0.481 e. The Morgan fingerprint density at radius 3 is 2.83 bits per heavy atom. The van der Waals surface area contributed by atoms with Gasteiger partial charge in [-0.15, -0.1) is 0 Å². The van der Waals surface area contributed by atoms with E-state index in [1.807, 2.05) is 11.2 Å². The molecule has 1 saturated heterocycles. The van der Waals surface area contributed by atoms with Crippen molar-refractivity contribution in [2.45, 2.75) is 38.5 Å². The second kappa shape index (κ2) is 8.40. The van der Waals surface area contributed by atoms with Gasteiger partial charge in [0, 0.05) is 25.9 Å². The van der Waals surface area contributed by atoms with Gasteiger partial charge in [-0.2, -0.15) is 11.8 Å². The summed E-state index contributed by atoms with van der Waals surface area (Å²) < 4.78 is 0. The molecule has 1 aliphatic rings. The lowest BCUT2D eigenvalue weighted by molar-refractivity contribution is -0.137. The van der Waals surface area contributed by atoms with Crippen molar-refractivity contribution in [3.63, 3.8) is 0 Å². The monoisotopic (exact) mass is 273 g/mol. The van der Waals surface area contributed by atoms with Crippen molar-refractivity contribution in [2.24, 2.45) is 5.92 Å². The van der Waals surface area contributed by atoms with Gasteiger partial charge >= 0.3 is 5.97 Å². The van der Waals surface area contributed by atoms with Crippen molar-refractivity contribution in [3.05, 3.63) is 0 Å². The second-order valence-corrected chi connectivity index (χ2v) is 5.86. The molecule has 0 aromatic carbocycles. The molecule has 1 atom stereocenters.